The smallest absolute Gasteiger partial charge is 0.411 e. The number of likely N-dealkylation sites (tertiary alicyclic amines) is 1. The Balaban J connectivity index is 1.76. The summed E-state index contributed by atoms with van der Waals surface area (Å²) in [7, 11) is 0. The second kappa shape index (κ2) is 9.25. The molecule has 7 heteroatoms. The standard InChI is InChI=1S/C24H30N4O3/c1-5-12-24(13-8-16-28(24)22(30)31-23(2,3)4)21(29)25-17-19-10-6-7-11-20(19)18-27-15-9-14-26-27/h1,6-7,9-11,14-15H,8,12-13,16-18H2,2-4H3,(H,25,29)/t24-/m1/s1. The first kappa shape index (κ1) is 22.4. The number of hydrogen-bond donors (Lipinski definition) is 1. The van der Waals surface area contributed by atoms with Gasteiger partial charge in [0.05, 0.1) is 6.54 Å². The van der Waals surface area contributed by atoms with E-state index in [4.69, 9.17) is 11.2 Å². The van der Waals surface area contributed by atoms with Crippen molar-refractivity contribution in [3.05, 3.63) is 53.9 Å². The Kier molecular flexibility index (Phi) is 6.69. The highest BCUT2D eigenvalue weighted by molar-refractivity contribution is 5.91. The molecule has 1 aromatic carbocycles. The van der Waals surface area contributed by atoms with Crippen molar-refractivity contribution in [3.63, 3.8) is 0 Å². The van der Waals surface area contributed by atoms with Crippen molar-refractivity contribution in [2.75, 3.05) is 6.54 Å². The van der Waals surface area contributed by atoms with Gasteiger partial charge in [-0.1, -0.05) is 24.3 Å². The van der Waals surface area contributed by atoms with E-state index in [0.717, 1.165) is 11.1 Å². The Morgan fingerprint density at radius 3 is 2.65 bits per heavy atom. The fraction of sp³-hybridized carbons (Fsp3) is 0.458. The van der Waals surface area contributed by atoms with E-state index in [1.165, 1.54) is 4.90 Å². The molecular formula is C24H30N4O3. The van der Waals surface area contributed by atoms with Crippen LogP contribution in [0.3, 0.4) is 0 Å². The van der Waals surface area contributed by atoms with Crippen LogP contribution in [0.4, 0.5) is 4.79 Å². The maximum absolute atomic E-state index is 13.4. The molecule has 0 bridgehead atoms. The number of amides is 2. The van der Waals surface area contributed by atoms with Crippen LogP contribution in [0, 0.1) is 12.3 Å². The number of carbonyl (C=O) groups is 2. The van der Waals surface area contributed by atoms with Crippen LogP contribution in [-0.2, 0) is 22.6 Å². The van der Waals surface area contributed by atoms with Crippen LogP contribution in [0.15, 0.2) is 42.7 Å². The van der Waals surface area contributed by atoms with Crippen molar-refractivity contribution in [2.45, 2.75) is 64.3 Å². The molecule has 0 spiro atoms. The van der Waals surface area contributed by atoms with Gasteiger partial charge in [0.2, 0.25) is 5.91 Å². The van der Waals surface area contributed by atoms with Crippen molar-refractivity contribution < 1.29 is 14.3 Å². The molecular weight excluding hydrogens is 392 g/mol. The second-order valence-electron chi connectivity index (χ2n) is 8.80. The molecule has 164 valence electrons. The number of terminal acetylenes is 1. The van der Waals surface area contributed by atoms with Crippen LogP contribution in [-0.4, -0.2) is 44.4 Å². The van der Waals surface area contributed by atoms with Crippen molar-refractivity contribution in [1.29, 1.82) is 0 Å². The minimum Gasteiger partial charge on any atom is -0.444 e. The number of aromatic nitrogens is 2. The molecule has 1 aromatic heterocycles. The molecule has 1 N–H and O–H groups in total. The molecule has 1 aliphatic heterocycles. The second-order valence-corrected chi connectivity index (χ2v) is 8.80. The van der Waals surface area contributed by atoms with Gasteiger partial charge in [-0.2, -0.15) is 5.10 Å². The highest BCUT2D eigenvalue weighted by Gasteiger charge is 2.50. The van der Waals surface area contributed by atoms with Crippen molar-refractivity contribution in [2.24, 2.45) is 0 Å². The first-order valence-corrected chi connectivity index (χ1v) is 10.5. The molecule has 2 aromatic rings. The maximum Gasteiger partial charge on any atom is 0.411 e. The van der Waals surface area contributed by atoms with Gasteiger partial charge in [-0.3, -0.25) is 14.4 Å². The van der Waals surface area contributed by atoms with Gasteiger partial charge in [-0.05, 0) is 50.8 Å². The number of ether oxygens (including phenoxy) is 1. The van der Waals surface area contributed by atoms with E-state index in [0.29, 0.717) is 32.5 Å². The fourth-order valence-corrected chi connectivity index (χ4v) is 3.92. The topological polar surface area (TPSA) is 76.5 Å². The van der Waals surface area contributed by atoms with E-state index in [-0.39, 0.29) is 12.3 Å². The van der Waals surface area contributed by atoms with Crippen LogP contribution in [0.5, 0.6) is 0 Å². The molecule has 2 heterocycles. The monoisotopic (exact) mass is 422 g/mol. The van der Waals surface area contributed by atoms with E-state index in [2.05, 4.69) is 16.3 Å². The van der Waals surface area contributed by atoms with Gasteiger partial charge >= 0.3 is 6.09 Å². The molecule has 3 rings (SSSR count). The summed E-state index contributed by atoms with van der Waals surface area (Å²) in [6, 6.07) is 9.77. The molecule has 0 aliphatic carbocycles. The Bertz CT molecular complexity index is 956. The van der Waals surface area contributed by atoms with Crippen molar-refractivity contribution in [1.82, 2.24) is 20.0 Å². The van der Waals surface area contributed by atoms with Crippen molar-refractivity contribution >= 4 is 12.0 Å². The quantitative estimate of drug-likeness (QED) is 0.725. The lowest BCUT2D eigenvalue weighted by Gasteiger charge is -2.36. The van der Waals surface area contributed by atoms with Gasteiger partial charge < -0.3 is 10.1 Å². The predicted molar refractivity (Wildman–Crippen MR) is 118 cm³/mol. The fourth-order valence-electron chi connectivity index (χ4n) is 3.92. The van der Waals surface area contributed by atoms with E-state index >= 15 is 0 Å². The molecule has 31 heavy (non-hydrogen) atoms. The SMILES string of the molecule is C#CC[C@]1(C(=O)NCc2ccccc2Cn2cccn2)CCCN1C(=O)OC(C)(C)C. The third-order valence-electron chi connectivity index (χ3n) is 5.37. The first-order valence-electron chi connectivity index (χ1n) is 10.5. The number of nitrogens with zero attached hydrogens (tertiary/aromatic N) is 3. The Morgan fingerprint density at radius 2 is 2.00 bits per heavy atom. The summed E-state index contributed by atoms with van der Waals surface area (Å²) in [5.41, 5.74) is 0.314. The third kappa shape index (κ3) is 5.26. The van der Waals surface area contributed by atoms with Gasteiger partial charge in [0, 0.05) is 31.9 Å². The third-order valence-corrected chi connectivity index (χ3v) is 5.37. The van der Waals surface area contributed by atoms with Crippen molar-refractivity contribution in [3.8, 4) is 12.3 Å². The summed E-state index contributed by atoms with van der Waals surface area (Å²) in [5.74, 6) is 2.35. The minimum atomic E-state index is -1.09. The van der Waals surface area contributed by atoms with Gasteiger partial charge in [0.25, 0.3) is 0 Å². The normalized spacial score (nSPS) is 18.5. The zero-order valence-electron chi connectivity index (χ0n) is 18.4. The molecule has 1 fully saturated rings. The predicted octanol–water partition coefficient (Wildman–Crippen LogP) is 3.34. The van der Waals surface area contributed by atoms with Crippen LogP contribution in [0.1, 0.15) is 51.2 Å². The summed E-state index contributed by atoms with van der Waals surface area (Å²) < 4.78 is 7.38. The molecule has 0 unspecified atom stereocenters. The lowest BCUT2D eigenvalue weighted by atomic mass is 9.91. The largest absolute Gasteiger partial charge is 0.444 e. The number of nitrogens with one attached hydrogen (secondary N) is 1. The average molecular weight is 423 g/mol. The van der Waals surface area contributed by atoms with E-state index in [1.807, 2.05) is 41.2 Å². The Morgan fingerprint density at radius 1 is 1.26 bits per heavy atom. The molecule has 1 saturated heterocycles. The molecule has 7 nitrogen and oxygen atoms in total. The van der Waals surface area contributed by atoms with E-state index in [1.54, 1.807) is 27.0 Å². The molecule has 1 aliphatic rings. The van der Waals surface area contributed by atoms with Crippen LogP contribution >= 0.6 is 0 Å². The first-order chi connectivity index (χ1) is 14.7. The highest BCUT2D eigenvalue weighted by atomic mass is 16.6. The number of benzene rings is 1. The molecule has 1 atom stereocenters. The van der Waals surface area contributed by atoms with E-state index < -0.39 is 17.2 Å². The number of carbonyl (C=O) groups excluding carboxylic acids is 2. The molecule has 2 amide bonds. The van der Waals surface area contributed by atoms with Crippen LogP contribution in [0.2, 0.25) is 0 Å². The lowest BCUT2D eigenvalue weighted by molar-refractivity contribution is -0.131. The zero-order chi connectivity index (χ0) is 22.5. The summed E-state index contributed by atoms with van der Waals surface area (Å²) >= 11 is 0. The minimum absolute atomic E-state index is 0.146. The molecule has 0 radical (unpaired) electrons. The summed E-state index contributed by atoms with van der Waals surface area (Å²) in [6.07, 6.45) is 10.1. The number of rotatable bonds is 6. The Labute approximate surface area is 183 Å². The van der Waals surface area contributed by atoms with E-state index in [9.17, 15) is 9.59 Å². The van der Waals surface area contributed by atoms with Gasteiger partial charge in [-0.15, -0.1) is 12.3 Å². The maximum atomic E-state index is 13.4. The van der Waals surface area contributed by atoms with Gasteiger partial charge in [-0.25, -0.2) is 4.79 Å². The average Bonchev–Trinajstić information content (AvgIpc) is 3.36. The summed E-state index contributed by atoms with van der Waals surface area (Å²) in [6.45, 7) is 6.81. The Hall–Kier alpha value is -3.27. The summed E-state index contributed by atoms with van der Waals surface area (Å²) in [5, 5.41) is 7.27. The zero-order valence-corrected chi connectivity index (χ0v) is 18.4. The number of hydrogen-bond acceptors (Lipinski definition) is 4. The van der Waals surface area contributed by atoms with Crippen LogP contribution in [0.25, 0.3) is 0 Å². The summed E-state index contributed by atoms with van der Waals surface area (Å²) in [4.78, 5) is 27.7. The molecule has 0 saturated carbocycles. The van der Waals surface area contributed by atoms with Gasteiger partial charge in [0.15, 0.2) is 0 Å². The van der Waals surface area contributed by atoms with Crippen LogP contribution < -0.4 is 5.32 Å². The lowest BCUT2D eigenvalue weighted by Crippen LogP contribution is -2.57. The van der Waals surface area contributed by atoms with Gasteiger partial charge in [0.1, 0.15) is 11.1 Å². The highest BCUT2D eigenvalue weighted by Crippen LogP contribution is 2.34.